The molecule has 0 saturated carbocycles. The minimum atomic E-state index is -2.94. The van der Waals surface area contributed by atoms with Gasteiger partial charge in [-0.05, 0) is 12.8 Å². The molecule has 0 aromatic rings. The highest BCUT2D eigenvalue weighted by Crippen LogP contribution is 2.31. The van der Waals surface area contributed by atoms with Crippen molar-refractivity contribution >= 4 is 11.9 Å². The molecule has 0 aliphatic heterocycles. The largest absolute Gasteiger partial charge is 0.481 e. The Kier molecular flexibility index (Phi) is 6.17. The fraction of sp³-hybridized carbons (Fsp3) is 0.818. The number of carboxylic acids is 1. The van der Waals surface area contributed by atoms with Gasteiger partial charge in [-0.25, -0.2) is 8.78 Å². The van der Waals surface area contributed by atoms with E-state index >= 15 is 0 Å². The summed E-state index contributed by atoms with van der Waals surface area (Å²) in [6.45, 7) is 4.15. The van der Waals surface area contributed by atoms with Crippen LogP contribution in [0.15, 0.2) is 0 Å². The molecule has 0 heterocycles. The van der Waals surface area contributed by atoms with Crippen LogP contribution in [0.2, 0.25) is 0 Å². The average Bonchev–Trinajstić information content (AvgIpc) is 2.24. The minimum absolute atomic E-state index is 0.291. The molecule has 0 spiro atoms. The summed E-state index contributed by atoms with van der Waals surface area (Å²) >= 11 is 0. The van der Waals surface area contributed by atoms with E-state index in [4.69, 9.17) is 10.2 Å². The highest BCUT2D eigenvalue weighted by atomic mass is 19.3. The zero-order valence-electron chi connectivity index (χ0n) is 10.6. The third kappa shape index (κ3) is 4.56. The van der Waals surface area contributed by atoms with Crippen molar-refractivity contribution in [1.29, 1.82) is 0 Å². The van der Waals surface area contributed by atoms with Crippen LogP contribution in [-0.2, 0) is 9.59 Å². The highest BCUT2D eigenvalue weighted by Gasteiger charge is 2.38. The second-order valence-electron chi connectivity index (χ2n) is 4.76. The molecule has 1 amide bonds. The summed E-state index contributed by atoms with van der Waals surface area (Å²) in [7, 11) is 0. The molecular weight excluding hydrogens is 248 g/mol. The Hall–Kier alpha value is -1.24. The van der Waals surface area contributed by atoms with Crippen molar-refractivity contribution in [3.8, 4) is 0 Å². The van der Waals surface area contributed by atoms with E-state index in [0.717, 1.165) is 0 Å². The number of halogens is 2. The Balaban J connectivity index is 4.42. The van der Waals surface area contributed by atoms with E-state index in [2.05, 4.69) is 5.32 Å². The van der Waals surface area contributed by atoms with Gasteiger partial charge in [0.25, 0.3) is 6.43 Å². The van der Waals surface area contributed by atoms with Crippen molar-refractivity contribution in [1.82, 2.24) is 5.32 Å². The number of carbonyl (C=O) groups is 2. The van der Waals surface area contributed by atoms with Crippen molar-refractivity contribution in [3.63, 3.8) is 0 Å². The molecule has 0 aromatic heterocycles. The lowest BCUT2D eigenvalue weighted by molar-refractivity contribution is -0.153. The predicted octanol–water partition coefficient (Wildman–Crippen LogP) is 0.866. The minimum Gasteiger partial charge on any atom is -0.481 e. The molecule has 0 aliphatic carbocycles. The van der Waals surface area contributed by atoms with Crippen molar-refractivity contribution in [2.75, 3.05) is 6.54 Å². The van der Waals surface area contributed by atoms with Crippen LogP contribution in [0, 0.1) is 11.3 Å². The number of nitrogens with one attached hydrogen (secondary N) is 1. The average molecular weight is 267 g/mol. The van der Waals surface area contributed by atoms with Gasteiger partial charge in [-0.15, -0.1) is 0 Å². The molecule has 106 valence electrons. The van der Waals surface area contributed by atoms with Gasteiger partial charge in [0, 0.05) is 13.0 Å². The Labute approximate surface area is 104 Å². The molecule has 0 fully saturated rings. The smallest absolute Gasteiger partial charge is 0.310 e. The maximum Gasteiger partial charge on any atom is 0.310 e. The Morgan fingerprint density at radius 3 is 2.17 bits per heavy atom. The van der Waals surface area contributed by atoms with Crippen molar-refractivity contribution in [2.24, 2.45) is 11.3 Å². The first-order valence-corrected chi connectivity index (χ1v) is 5.57. The summed E-state index contributed by atoms with van der Waals surface area (Å²) in [5.41, 5.74) is -1.26. The lowest BCUT2D eigenvalue weighted by Crippen LogP contribution is -2.42. The number of aliphatic carboxylic acids is 1. The van der Waals surface area contributed by atoms with E-state index in [1.165, 1.54) is 6.92 Å². The van der Waals surface area contributed by atoms with Crippen LogP contribution in [0.4, 0.5) is 8.78 Å². The first-order chi connectivity index (χ1) is 8.11. The second-order valence-corrected chi connectivity index (χ2v) is 4.76. The number of rotatable bonds is 7. The van der Waals surface area contributed by atoms with Gasteiger partial charge in [0.1, 0.15) is 6.10 Å². The van der Waals surface area contributed by atoms with E-state index in [9.17, 15) is 18.4 Å². The molecule has 0 radical (unpaired) electrons. The third-order valence-corrected chi connectivity index (χ3v) is 3.09. The molecule has 2 atom stereocenters. The zero-order valence-corrected chi connectivity index (χ0v) is 10.6. The van der Waals surface area contributed by atoms with Gasteiger partial charge in [0.05, 0.1) is 5.41 Å². The van der Waals surface area contributed by atoms with Crippen molar-refractivity contribution in [2.45, 2.75) is 39.7 Å². The van der Waals surface area contributed by atoms with Crippen LogP contribution < -0.4 is 5.32 Å². The molecule has 2 unspecified atom stereocenters. The molecular formula is C11H19F2NO4. The standard InChI is InChI=1S/C11H19F2NO4/c1-6(2)11(3,10(17)18)4-8(16)14-5-7(15)9(12)13/h6-7,9,15H,4-5H2,1-3H3,(H,14,16)(H,17,18). The topological polar surface area (TPSA) is 86.6 Å². The molecule has 0 aliphatic rings. The van der Waals surface area contributed by atoms with E-state index in [1.54, 1.807) is 13.8 Å². The number of amides is 1. The van der Waals surface area contributed by atoms with E-state index < -0.39 is 36.4 Å². The van der Waals surface area contributed by atoms with Crippen LogP contribution >= 0.6 is 0 Å². The van der Waals surface area contributed by atoms with Gasteiger partial charge in [0.15, 0.2) is 0 Å². The third-order valence-electron chi connectivity index (χ3n) is 3.09. The number of aliphatic hydroxyl groups is 1. The number of carboxylic acid groups (broad SMARTS) is 1. The lowest BCUT2D eigenvalue weighted by atomic mass is 9.76. The van der Waals surface area contributed by atoms with Crippen LogP contribution in [0.1, 0.15) is 27.2 Å². The zero-order chi connectivity index (χ0) is 14.5. The normalized spacial score (nSPS) is 16.4. The Morgan fingerprint density at radius 2 is 1.83 bits per heavy atom. The van der Waals surface area contributed by atoms with Crippen LogP contribution in [-0.4, -0.2) is 41.2 Å². The monoisotopic (exact) mass is 267 g/mol. The molecule has 5 nitrogen and oxygen atoms in total. The number of aliphatic hydroxyl groups excluding tert-OH is 1. The Morgan fingerprint density at radius 1 is 1.33 bits per heavy atom. The molecule has 0 saturated heterocycles. The Bertz CT molecular complexity index is 309. The van der Waals surface area contributed by atoms with Crippen molar-refractivity contribution in [3.05, 3.63) is 0 Å². The lowest BCUT2D eigenvalue weighted by Gasteiger charge is -2.28. The predicted molar refractivity (Wildman–Crippen MR) is 60.2 cm³/mol. The summed E-state index contributed by atoms with van der Waals surface area (Å²) in [6.07, 6.45) is -5.21. The highest BCUT2D eigenvalue weighted by molar-refractivity contribution is 5.84. The fourth-order valence-corrected chi connectivity index (χ4v) is 1.23. The maximum absolute atomic E-state index is 12.0. The summed E-state index contributed by atoms with van der Waals surface area (Å²) in [5, 5.41) is 20.0. The SMILES string of the molecule is CC(C)C(C)(CC(=O)NCC(O)C(F)F)C(=O)O. The van der Waals surface area contributed by atoms with Gasteiger partial charge >= 0.3 is 5.97 Å². The maximum atomic E-state index is 12.0. The molecule has 0 rings (SSSR count). The summed E-state index contributed by atoms with van der Waals surface area (Å²) in [6, 6.07) is 0. The number of alkyl halides is 2. The fourth-order valence-electron chi connectivity index (χ4n) is 1.23. The van der Waals surface area contributed by atoms with E-state index in [-0.39, 0.29) is 12.3 Å². The number of carbonyl (C=O) groups excluding carboxylic acids is 1. The number of hydrogen-bond donors (Lipinski definition) is 3. The number of hydrogen-bond acceptors (Lipinski definition) is 3. The molecule has 3 N–H and O–H groups in total. The second kappa shape index (κ2) is 6.63. The summed E-state index contributed by atoms with van der Waals surface area (Å²) < 4.78 is 24.0. The first kappa shape index (κ1) is 16.8. The molecule has 0 bridgehead atoms. The molecule has 0 aromatic carbocycles. The van der Waals surface area contributed by atoms with Gasteiger partial charge in [0.2, 0.25) is 5.91 Å². The quantitative estimate of drug-likeness (QED) is 0.638. The molecule has 7 heteroatoms. The van der Waals surface area contributed by atoms with Gasteiger partial charge in [-0.3, -0.25) is 9.59 Å². The van der Waals surface area contributed by atoms with E-state index in [0.29, 0.717) is 0 Å². The molecule has 18 heavy (non-hydrogen) atoms. The van der Waals surface area contributed by atoms with Gasteiger partial charge in [-0.1, -0.05) is 13.8 Å². The summed E-state index contributed by atoms with van der Waals surface area (Å²) in [4.78, 5) is 22.6. The van der Waals surface area contributed by atoms with Gasteiger partial charge < -0.3 is 15.5 Å². The van der Waals surface area contributed by atoms with Crippen LogP contribution in [0.3, 0.4) is 0 Å². The van der Waals surface area contributed by atoms with Gasteiger partial charge in [-0.2, -0.15) is 0 Å². The van der Waals surface area contributed by atoms with Crippen LogP contribution in [0.25, 0.3) is 0 Å². The van der Waals surface area contributed by atoms with Crippen molar-refractivity contribution < 1.29 is 28.6 Å². The summed E-state index contributed by atoms with van der Waals surface area (Å²) in [5.74, 6) is -2.09. The van der Waals surface area contributed by atoms with Crippen LogP contribution in [0.5, 0.6) is 0 Å². The first-order valence-electron chi connectivity index (χ1n) is 5.57. The van der Waals surface area contributed by atoms with E-state index in [1.807, 2.05) is 0 Å².